The molecule has 3 aromatic rings. The predicted octanol–water partition coefficient (Wildman–Crippen LogP) is 6.87. The fraction of sp³-hybridized carbons (Fsp3) is 0.361. The molecule has 14 heteroatoms. The Morgan fingerprint density at radius 2 is 1.70 bits per heavy atom. The fourth-order valence-corrected chi connectivity index (χ4v) is 6.47. The summed E-state index contributed by atoms with van der Waals surface area (Å²) in [5.41, 5.74) is 0.286. The number of methoxy groups -OCH3 is 1. The monoisotopic (exact) mass is 694 g/mol. The van der Waals surface area contributed by atoms with Gasteiger partial charge >= 0.3 is 12.2 Å². The number of benzene rings is 2. The molecule has 0 spiro atoms. The van der Waals surface area contributed by atoms with Crippen molar-refractivity contribution in [3.05, 3.63) is 102 Å². The lowest BCUT2D eigenvalue weighted by molar-refractivity contribution is -0.119. The van der Waals surface area contributed by atoms with Crippen LogP contribution in [0.2, 0.25) is 0 Å². The number of amides is 3. The van der Waals surface area contributed by atoms with Crippen molar-refractivity contribution < 1.29 is 36.6 Å². The maximum Gasteiger partial charge on any atom is 0.416 e. The predicted molar refractivity (Wildman–Crippen MR) is 180 cm³/mol. The summed E-state index contributed by atoms with van der Waals surface area (Å²) in [5, 5.41) is 5.12. The molecule has 0 saturated carbocycles. The van der Waals surface area contributed by atoms with Gasteiger partial charge in [-0.3, -0.25) is 4.79 Å². The first-order valence-corrected chi connectivity index (χ1v) is 16.5. The van der Waals surface area contributed by atoms with Crippen LogP contribution >= 0.6 is 0 Å². The second kappa shape index (κ2) is 15.1. The Morgan fingerprint density at radius 1 is 0.940 bits per heavy atom. The van der Waals surface area contributed by atoms with E-state index in [4.69, 9.17) is 9.47 Å². The van der Waals surface area contributed by atoms with Crippen LogP contribution in [0.4, 0.5) is 39.5 Å². The number of aromatic nitrogens is 1. The van der Waals surface area contributed by atoms with Crippen molar-refractivity contribution >= 4 is 29.1 Å². The van der Waals surface area contributed by atoms with E-state index >= 15 is 0 Å². The van der Waals surface area contributed by atoms with Crippen molar-refractivity contribution in [3.8, 4) is 5.75 Å². The molecule has 3 amide bonds. The Balaban J connectivity index is 1.09. The van der Waals surface area contributed by atoms with E-state index in [1.807, 2.05) is 34.1 Å². The van der Waals surface area contributed by atoms with Gasteiger partial charge in [0.1, 0.15) is 17.4 Å². The first-order valence-electron chi connectivity index (χ1n) is 16.5. The van der Waals surface area contributed by atoms with Crippen LogP contribution in [0.1, 0.15) is 37.2 Å². The van der Waals surface area contributed by atoms with Crippen molar-refractivity contribution in [1.82, 2.24) is 14.8 Å². The number of carbonyl (C=O) groups is 2. The van der Waals surface area contributed by atoms with Crippen LogP contribution in [0.5, 0.6) is 5.75 Å². The number of likely N-dealkylation sites (tertiary alicyclic amines) is 1. The zero-order valence-corrected chi connectivity index (χ0v) is 27.5. The number of alkyl halides is 3. The van der Waals surface area contributed by atoms with E-state index in [2.05, 4.69) is 15.6 Å². The van der Waals surface area contributed by atoms with Crippen LogP contribution in [0.15, 0.2) is 90.2 Å². The number of piperidine rings is 1. The maximum atomic E-state index is 14.2. The van der Waals surface area contributed by atoms with Crippen LogP contribution in [-0.4, -0.2) is 79.3 Å². The molecule has 2 saturated heterocycles. The highest BCUT2D eigenvalue weighted by Crippen LogP contribution is 2.39. The molecule has 6 rings (SSSR count). The standard InChI is InChI=1S/C36H38F4N6O4/c1-49-30-13-5-2-9-26(30)24-8-7-17-46(23-24)32-14-6-10-27(36(38,39)40)33(50-32)34(47)42-25-15-16-31(41-22-25)44-18-20-45(21-19-44)35(48)43-29-12-4-3-11-28(29)37/h2-5,9,11-16,22,24H,6-8,10,17-21,23H2,1H3,(H,42,47)(H,43,48). The number of allylic oxidation sites excluding steroid dienone is 2. The smallest absolute Gasteiger partial charge is 0.416 e. The van der Waals surface area contributed by atoms with Gasteiger partial charge in [-0.25, -0.2) is 14.2 Å². The molecule has 1 atom stereocenters. The van der Waals surface area contributed by atoms with Crippen LogP contribution in [0, 0.1) is 5.82 Å². The summed E-state index contributed by atoms with van der Waals surface area (Å²) in [6, 6.07) is 16.4. The van der Waals surface area contributed by atoms with Gasteiger partial charge in [-0.15, -0.1) is 0 Å². The number of nitrogens with zero attached hydrogens (tertiary/aromatic N) is 4. The molecule has 1 unspecified atom stereocenters. The van der Waals surface area contributed by atoms with E-state index in [0.29, 0.717) is 45.1 Å². The molecule has 3 aliphatic heterocycles. The molecular weight excluding hydrogens is 656 g/mol. The van der Waals surface area contributed by atoms with Crippen LogP contribution in [0.25, 0.3) is 0 Å². The highest BCUT2D eigenvalue weighted by molar-refractivity contribution is 6.03. The third-order valence-electron chi connectivity index (χ3n) is 9.07. The quantitative estimate of drug-likeness (QED) is 0.261. The van der Waals surface area contributed by atoms with E-state index in [-0.39, 0.29) is 29.6 Å². The third kappa shape index (κ3) is 7.95. The van der Waals surface area contributed by atoms with Crippen LogP contribution in [-0.2, 0) is 9.53 Å². The van der Waals surface area contributed by atoms with Crippen LogP contribution in [0.3, 0.4) is 0 Å². The highest BCUT2D eigenvalue weighted by Gasteiger charge is 2.41. The largest absolute Gasteiger partial charge is 0.496 e. The molecule has 2 aromatic carbocycles. The Bertz CT molecular complexity index is 1760. The lowest BCUT2D eigenvalue weighted by Gasteiger charge is -2.36. The number of rotatable bonds is 7. The molecule has 4 heterocycles. The summed E-state index contributed by atoms with van der Waals surface area (Å²) < 4.78 is 68.1. The number of hydrogen-bond acceptors (Lipinski definition) is 7. The van der Waals surface area contributed by atoms with E-state index < -0.39 is 41.7 Å². The van der Waals surface area contributed by atoms with E-state index in [1.54, 1.807) is 36.3 Å². The molecule has 50 heavy (non-hydrogen) atoms. The van der Waals surface area contributed by atoms with E-state index in [9.17, 15) is 27.2 Å². The molecule has 10 nitrogen and oxygen atoms in total. The average molecular weight is 695 g/mol. The number of ether oxygens (including phenoxy) is 2. The number of hydrogen-bond donors (Lipinski definition) is 2. The molecule has 2 N–H and O–H groups in total. The summed E-state index contributed by atoms with van der Waals surface area (Å²) >= 11 is 0. The molecule has 3 aliphatic rings. The number of nitrogens with one attached hydrogen (secondary N) is 2. The van der Waals surface area contributed by atoms with Crippen molar-refractivity contribution in [2.24, 2.45) is 0 Å². The summed E-state index contributed by atoms with van der Waals surface area (Å²) in [5.74, 6) is -0.714. The zero-order chi connectivity index (χ0) is 35.3. The SMILES string of the molecule is COc1ccccc1C1CCCN(C2=CCCC(C(F)(F)F)=C(C(=O)Nc3ccc(N4CCN(C(=O)Nc5ccccc5F)CC4)nc3)O2)C1. The Labute approximate surface area is 287 Å². The number of para-hydroxylation sites is 2. The van der Waals surface area contributed by atoms with Gasteiger partial charge < -0.3 is 34.8 Å². The van der Waals surface area contributed by atoms with Crippen molar-refractivity contribution in [2.75, 3.05) is 61.9 Å². The zero-order valence-electron chi connectivity index (χ0n) is 27.5. The average Bonchev–Trinajstić information content (AvgIpc) is 3.37. The lowest BCUT2D eigenvalue weighted by atomic mass is 9.90. The summed E-state index contributed by atoms with van der Waals surface area (Å²) in [6.07, 6.45) is -0.454. The second-order valence-electron chi connectivity index (χ2n) is 12.3. The molecule has 1 aromatic heterocycles. The van der Waals surface area contributed by atoms with Crippen molar-refractivity contribution in [1.29, 1.82) is 0 Å². The number of piperazine rings is 1. The maximum absolute atomic E-state index is 14.2. The normalized spacial score (nSPS) is 18.5. The van der Waals surface area contributed by atoms with Gasteiger partial charge in [0.05, 0.1) is 30.3 Å². The Morgan fingerprint density at radius 3 is 2.42 bits per heavy atom. The third-order valence-corrected chi connectivity index (χ3v) is 9.07. The van der Waals surface area contributed by atoms with Gasteiger partial charge in [0, 0.05) is 45.2 Å². The number of halogens is 4. The molecule has 0 aliphatic carbocycles. The Hall–Kier alpha value is -5.27. The topological polar surface area (TPSA) is 99.3 Å². The summed E-state index contributed by atoms with van der Waals surface area (Å²) in [6.45, 7) is 2.69. The second-order valence-corrected chi connectivity index (χ2v) is 12.3. The molecule has 264 valence electrons. The number of pyridine rings is 1. The minimum atomic E-state index is -4.77. The highest BCUT2D eigenvalue weighted by atomic mass is 19.4. The molecule has 0 bridgehead atoms. The van der Waals surface area contributed by atoms with E-state index in [1.165, 1.54) is 24.4 Å². The van der Waals surface area contributed by atoms with Gasteiger partial charge in [0.25, 0.3) is 5.91 Å². The fourth-order valence-electron chi connectivity index (χ4n) is 6.47. The number of carbonyl (C=O) groups excluding carboxylic acids is 2. The minimum absolute atomic E-state index is 0.0606. The molecule has 2 fully saturated rings. The van der Waals surface area contributed by atoms with Gasteiger partial charge in [0.15, 0.2) is 5.88 Å². The van der Waals surface area contributed by atoms with Crippen molar-refractivity contribution in [2.45, 2.75) is 37.8 Å². The minimum Gasteiger partial charge on any atom is -0.496 e. The Kier molecular flexibility index (Phi) is 10.4. The van der Waals surface area contributed by atoms with E-state index in [0.717, 1.165) is 24.2 Å². The molecule has 0 radical (unpaired) electrons. The van der Waals surface area contributed by atoms with Gasteiger partial charge in [-0.05, 0) is 67.7 Å². The van der Waals surface area contributed by atoms with Crippen molar-refractivity contribution in [3.63, 3.8) is 0 Å². The summed E-state index contributed by atoms with van der Waals surface area (Å²) in [4.78, 5) is 35.9. The van der Waals surface area contributed by atoms with Gasteiger partial charge in [-0.2, -0.15) is 13.2 Å². The van der Waals surface area contributed by atoms with Gasteiger partial charge in [0.2, 0.25) is 5.76 Å². The first kappa shape index (κ1) is 34.6. The lowest BCUT2D eigenvalue weighted by Crippen LogP contribution is -2.50. The number of urea groups is 1. The summed E-state index contributed by atoms with van der Waals surface area (Å²) in [7, 11) is 1.61. The molecular formula is C36H38F4N6O4. The number of anilines is 3. The first-order chi connectivity index (χ1) is 24.1. The van der Waals surface area contributed by atoms with Gasteiger partial charge in [-0.1, -0.05) is 30.3 Å². The van der Waals surface area contributed by atoms with Crippen LogP contribution < -0.4 is 20.3 Å².